The lowest BCUT2D eigenvalue weighted by atomic mass is 10.1. The van der Waals surface area contributed by atoms with Crippen LogP contribution in [0.3, 0.4) is 0 Å². The minimum absolute atomic E-state index is 0.180. The second-order valence-electron chi connectivity index (χ2n) is 8.83. The summed E-state index contributed by atoms with van der Waals surface area (Å²) in [6.07, 6.45) is 0.722. The van der Waals surface area contributed by atoms with Gasteiger partial charge in [-0.25, -0.2) is 0 Å². The van der Waals surface area contributed by atoms with Crippen molar-refractivity contribution in [1.29, 1.82) is 0 Å². The fourth-order valence-corrected chi connectivity index (χ4v) is 4.33. The van der Waals surface area contributed by atoms with E-state index in [4.69, 9.17) is 0 Å². The lowest BCUT2D eigenvalue weighted by Crippen LogP contribution is -2.28. The molecule has 0 spiro atoms. The van der Waals surface area contributed by atoms with Gasteiger partial charge >= 0.3 is 0 Å². The van der Waals surface area contributed by atoms with E-state index >= 15 is 0 Å². The van der Waals surface area contributed by atoms with Crippen LogP contribution in [-0.2, 0) is 19.2 Å². The van der Waals surface area contributed by atoms with Gasteiger partial charge in [0.1, 0.15) is 0 Å². The molecule has 38 heavy (non-hydrogen) atoms. The van der Waals surface area contributed by atoms with Crippen molar-refractivity contribution in [3.05, 3.63) is 83.9 Å². The van der Waals surface area contributed by atoms with E-state index in [2.05, 4.69) is 10.6 Å². The molecule has 6 amide bonds. The number of benzene rings is 3. The molecule has 2 aliphatic heterocycles. The van der Waals surface area contributed by atoms with Gasteiger partial charge < -0.3 is 10.6 Å². The highest BCUT2D eigenvalue weighted by Crippen LogP contribution is 2.25. The maximum atomic E-state index is 12.7. The highest BCUT2D eigenvalue weighted by atomic mass is 16.2. The maximum absolute atomic E-state index is 12.7. The number of nitrogens with zero attached hydrogens (tertiary/aromatic N) is 2. The van der Waals surface area contributed by atoms with E-state index in [-0.39, 0.29) is 49.3 Å². The van der Waals surface area contributed by atoms with Gasteiger partial charge in [0.05, 0.1) is 11.4 Å². The molecule has 0 radical (unpaired) electrons. The molecule has 2 heterocycles. The molecule has 190 valence electrons. The number of amides is 6. The first-order valence-corrected chi connectivity index (χ1v) is 11.9. The summed E-state index contributed by atoms with van der Waals surface area (Å²) in [5.74, 6) is -1.86. The van der Waals surface area contributed by atoms with E-state index in [1.807, 2.05) is 0 Å². The zero-order valence-electron chi connectivity index (χ0n) is 20.1. The van der Waals surface area contributed by atoms with E-state index in [0.29, 0.717) is 33.9 Å². The summed E-state index contributed by atoms with van der Waals surface area (Å²) >= 11 is 0. The number of imide groups is 2. The number of hydrogen-bond donors (Lipinski definition) is 2. The number of carbonyl (C=O) groups is 6. The minimum atomic E-state index is -0.402. The zero-order valence-corrected chi connectivity index (χ0v) is 20.1. The number of rotatable bonds is 6. The third-order valence-electron chi connectivity index (χ3n) is 6.26. The van der Waals surface area contributed by atoms with Crippen LogP contribution in [0.15, 0.2) is 72.8 Å². The van der Waals surface area contributed by atoms with Crippen LogP contribution < -0.4 is 20.4 Å². The Balaban J connectivity index is 1.22. The van der Waals surface area contributed by atoms with Gasteiger partial charge in [0.15, 0.2) is 0 Å². The molecule has 3 aromatic carbocycles. The van der Waals surface area contributed by atoms with Crippen molar-refractivity contribution in [1.82, 2.24) is 0 Å². The largest absolute Gasteiger partial charge is 0.322 e. The molecule has 0 aromatic heterocycles. The van der Waals surface area contributed by atoms with Gasteiger partial charge in [-0.05, 0) is 66.7 Å². The Hall–Kier alpha value is -5.12. The highest BCUT2D eigenvalue weighted by molar-refractivity contribution is 6.20. The lowest BCUT2D eigenvalue weighted by molar-refractivity contribution is -0.122. The Bertz CT molecular complexity index is 1340. The second kappa shape index (κ2) is 10.1. The van der Waals surface area contributed by atoms with Crippen molar-refractivity contribution in [3.63, 3.8) is 0 Å². The van der Waals surface area contributed by atoms with E-state index in [1.54, 1.807) is 48.5 Å². The van der Waals surface area contributed by atoms with Crippen molar-refractivity contribution >= 4 is 58.2 Å². The third-order valence-corrected chi connectivity index (χ3v) is 6.26. The quantitative estimate of drug-likeness (QED) is 0.488. The Morgan fingerprint density at radius 1 is 0.526 bits per heavy atom. The van der Waals surface area contributed by atoms with Crippen molar-refractivity contribution in [2.24, 2.45) is 0 Å². The Morgan fingerprint density at radius 3 is 1.21 bits per heavy atom. The molecule has 2 aliphatic rings. The van der Waals surface area contributed by atoms with Crippen LogP contribution in [0.1, 0.15) is 46.4 Å². The van der Waals surface area contributed by atoms with Gasteiger partial charge in [-0.15, -0.1) is 0 Å². The van der Waals surface area contributed by atoms with Crippen molar-refractivity contribution in [2.75, 3.05) is 20.4 Å². The molecule has 10 heteroatoms. The van der Waals surface area contributed by atoms with Crippen LogP contribution in [0, 0.1) is 0 Å². The molecule has 0 aliphatic carbocycles. The Labute approximate surface area is 217 Å². The van der Waals surface area contributed by atoms with E-state index in [9.17, 15) is 28.8 Å². The number of carbonyl (C=O) groups excluding carboxylic acids is 6. The standard InChI is InChI=1S/C28H22N4O6/c33-23-12-13-24(34)31(23)21-8-4-17(5-9-21)27(37)29-19-2-1-3-20(16-19)30-28(38)18-6-10-22(11-7-18)32-25(35)14-15-26(32)36/h1-11,16H,12-15H2,(H,29,37)(H,30,38). The first-order chi connectivity index (χ1) is 18.3. The minimum Gasteiger partial charge on any atom is -0.322 e. The van der Waals surface area contributed by atoms with Gasteiger partial charge in [0.2, 0.25) is 23.6 Å². The van der Waals surface area contributed by atoms with Gasteiger partial charge in [-0.1, -0.05) is 6.07 Å². The van der Waals surface area contributed by atoms with Crippen LogP contribution in [0.25, 0.3) is 0 Å². The molecular formula is C28H22N4O6. The summed E-state index contributed by atoms with van der Waals surface area (Å²) in [6, 6.07) is 18.9. The van der Waals surface area contributed by atoms with Gasteiger partial charge in [-0.2, -0.15) is 0 Å². The van der Waals surface area contributed by atoms with Crippen LogP contribution in [0.2, 0.25) is 0 Å². The summed E-state index contributed by atoms with van der Waals surface area (Å²) in [7, 11) is 0. The average molecular weight is 511 g/mol. The second-order valence-corrected chi connectivity index (χ2v) is 8.83. The number of anilines is 4. The molecule has 0 atom stereocenters. The summed E-state index contributed by atoms with van der Waals surface area (Å²) < 4.78 is 0. The molecular weight excluding hydrogens is 488 g/mol. The molecule has 10 nitrogen and oxygen atoms in total. The van der Waals surface area contributed by atoms with Crippen LogP contribution in [0.5, 0.6) is 0 Å². The third kappa shape index (κ3) is 4.92. The van der Waals surface area contributed by atoms with Crippen molar-refractivity contribution < 1.29 is 28.8 Å². The SMILES string of the molecule is O=C(Nc1cccc(NC(=O)c2ccc(N3C(=O)CCC3=O)cc2)c1)c1ccc(N2C(=O)CCC2=O)cc1. The lowest BCUT2D eigenvalue weighted by Gasteiger charge is -2.14. The normalized spacial score (nSPS) is 15.3. The fourth-order valence-electron chi connectivity index (χ4n) is 4.33. The molecule has 0 bridgehead atoms. The van der Waals surface area contributed by atoms with Crippen LogP contribution >= 0.6 is 0 Å². The molecule has 2 N–H and O–H groups in total. The van der Waals surface area contributed by atoms with Crippen molar-refractivity contribution in [3.8, 4) is 0 Å². The predicted molar refractivity (Wildman–Crippen MR) is 139 cm³/mol. The first kappa shape index (κ1) is 24.6. The Morgan fingerprint density at radius 2 is 0.868 bits per heavy atom. The average Bonchev–Trinajstić information content (AvgIpc) is 3.43. The molecule has 0 saturated carbocycles. The van der Waals surface area contributed by atoms with E-state index in [0.717, 1.165) is 9.80 Å². The topological polar surface area (TPSA) is 133 Å². The monoisotopic (exact) mass is 510 g/mol. The molecule has 2 fully saturated rings. The number of nitrogens with one attached hydrogen (secondary N) is 2. The summed E-state index contributed by atoms with van der Waals surface area (Å²) in [6.45, 7) is 0. The summed E-state index contributed by atoms with van der Waals surface area (Å²) in [4.78, 5) is 75.3. The molecule has 2 saturated heterocycles. The Kier molecular flexibility index (Phi) is 6.53. The summed E-state index contributed by atoms with van der Waals surface area (Å²) in [5.41, 5.74) is 2.40. The highest BCUT2D eigenvalue weighted by Gasteiger charge is 2.31. The predicted octanol–water partition coefficient (Wildman–Crippen LogP) is 3.50. The van der Waals surface area contributed by atoms with Gasteiger partial charge in [0.25, 0.3) is 11.8 Å². The first-order valence-electron chi connectivity index (χ1n) is 11.9. The van der Waals surface area contributed by atoms with Gasteiger partial charge in [0, 0.05) is 48.2 Å². The maximum Gasteiger partial charge on any atom is 0.255 e. The zero-order chi connectivity index (χ0) is 26.8. The van der Waals surface area contributed by atoms with Crippen molar-refractivity contribution in [2.45, 2.75) is 25.7 Å². The van der Waals surface area contributed by atoms with E-state index < -0.39 is 11.8 Å². The van der Waals surface area contributed by atoms with E-state index in [1.165, 1.54) is 24.3 Å². The van der Waals surface area contributed by atoms with Crippen LogP contribution in [0.4, 0.5) is 22.7 Å². The van der Waals surface area contributed by atoms with Crippen LogP contribution in [-0.4, -0.2) is 35.4 Å². The molecule has 5 rings (SSSR count). The smallest absolute Gasteiger partial charge is 0.255 e. The number of hydrogen-bond acceptors (Lipinski definition) is 6. The summed E-state index contributed by atoms with van der Waals surface area (Å²) in [5, 5.41) is 5.52. The van der Waals surface area contributed by atoms with Gasteiger partial charge in [-0.3, -0.25) is 38.6 Å². The molecule has 0 unspecified atom stereocenters. The fraction of sp³-hybridized carbons (Fsp3) is 0.143. The molecule has 3 aromatic rings.